The number of aryl methyl sites for hydroxylation is 2. The predicted molar refractivity (Wildman–Crippen MR) is 64.8 cm³/mol. The monoisotopic (exact) mass is 233 g/mol. The van der Waals surface area contributed by atoms with Crippen LogP contribution in [0.5, 0.6) is 0 Å². The van der Waals surface area contributed by atoms with E-state index in [1.807, 2.05) is 22.7 Å². The van der Waals surface area contributed by atoms with Crippen molar-refractivity contribution < 1.29 is 4.79 Å². The van der Waals surface area contributed by atoms with Gasteiger partial charge in [0.15, 0.2) is 5.69 Å². The third-order valence-electron chi connectivity index (χ3n) is 3.99. The highest BCUT2D eigenvalue weighted by molar-refractivity contribution is 5.92. The molecule has 3 rings (SSSR count). The van der Waals surface area contributed by atoms with Crippen molar-refractivity contribution in [3.8, 4) is 0 Å². The summed E-state index contributed by atoms with van der Waals surface area (Å²) < 4.78 is 1.98. The molecule has 1 aliphatic carbocycles. The standard InChI is InChI=1S/C13H19N3O/c1-15(9-10-4-2-5-10)13(17)12-8-11-6-3-7-16(11)14-12/h8,10H,2-7,9H2,1H3. The summed E-state index contributed by atoms with van der Waals surface area (Å²) in [5.74, 6) is 0.803. The summed E-state index contributed by atoms with van der Waals surface area (Å²) in [5.41, 5.74) is 1.84. The van der Waals surface area contributed by atoms with Crippen LogP contribution in [0.2, 0.25) is 0 Å². The second-order valence-corrected chi connectivity index (χ2v) is 5.33. The summed E-state index contributed by atoms with van der Waals surface area (Å²) in [6.45, 7) is 1.86. The van der Waals surface area contributed by atoms with E-state index in [4.69, 9.17) is 0 Å². The van der Waals surface area contributed by atoms with E-state index in [2.05, 4.69) is 5.10 Å². The van der Waals surface area contributed by atoms with Gasteiger partial charge in [-0.2, -0.15) is 5.10 Å². The molecule has 0 radical (unpaired) electrons. The number of hydrogen-bond donors (Lipinski definition) is 0. The fourth-order valence-electron chi connectivity index (χ4n) is 2.71. The second-order valence-electron chi connectivity index (χ2n) is 5.33. The maximum absolute atomic E-state index is 12.2. The van der Waals surface area contributed by atoms with Gasteiger partial charge < -0.3 is 4.90 Å². The van der Waals surface area contributed by atoms with Crippen LogP contribution in [0.4, 0.5) is 0 Å². The number of carbonyl (C=O) groups excluding carboxylic acids is 1. The van der Waals surface area contributed by atoms with Crippen LogP contribution in [-0.2, 0) is 13.0 Å². The molecule has 1 amide bonds. The first-order chi connectivity index (χ1) is 8.24. The zero-order valence-corrected chi connectivity index (χ0v) is 10.4. The van der Waals surface area contributed by atoms with Gasteiger partial charge in [0.1, 0.15) is 0 Å². The van der Waals surface area contributed by atoms with E-state index < -0.39 is 0 Å². The largest absolute Gasteiger partial charge is 0.340 e. The van der Waals surface area contributed by atoms with E-state index in [9.17, 15) is 4.79 Å². The van der Waals surface area contributed by atoms with E-state index >= 15 is 0 Å². The lowest BCUT2D eigenvalue weighted by molar-refractivity contribution is 0.0738. The van der Waals surface area contributed by atoms with Gasteiger partial charge in [0.2, 0.25) is 0 Å². The van der Waals surface area contributed by atoms with Crippen molar-refractivity contribution in [2.24, 2.45) is 5.92 Å². The van der Waals surface area contributed by atoms with E-state index in [-0.39, 0.29) is 5.91 Å². The second kappa shape index (κ2) is 4.17. The van der Waals surface area contributed by atoms with Crippen LogP contribution < -0.4 is 0 Å². The Hall–Kier alpha value is -1.32. The smallest absolute Gasteiger partial charge is 0.274 e. The van der Waals surface area contributed by atoms with Gasteiger partial charge >= 0.3 is 0 Å². The number of fused-ring (bicyclic) bond motifs is 1. The molecule has 1 fully saturated rings. The van der Waals surface area contributed by atoms with E-state index in [0.29, 0.717) is 5.69 Å². The summed E-state index contributed by atoms with van der Waals surface area (Å²) in [5, 5.41) is 4.39. The molecule has 0 bridgehead atoms. The number of rotatable bonds is 3. The van der Waals surface area contributed by atoms with Crippen molar-refractivity contribution >= 4 is 5.91 Å². The molecule has 1 aliphatic heterocycles. The predicted octanol–water partition coefficient (Wildman–Crippen LogP) is 1.70. The quantitative estimate of drug-likeness (QED) is 0.797. The Kier molecular flexibility index (Phi) is 2.65. The highest BCUT2D eigenvalue weighted by Gasteiger charge is 2.24. The maximum Gasteiger partial charge on any atom is 0.274 e. The van der Waals surface area contributed by atoms with Crippen LogP contribution >= 0.6 is 0 Å². The molecule has 0 unspecified atom stereocenters. The Balaban J connectivity index is 1.67. The molecular formula is C13H19N3O. The van der Waals surface area contributed by atoms with Crippen LogP contribution in [0.15, 0.2) is 6.07 Å². The Bertz CT molecular complexity index is 412. The summed E-state index contributed by atoms with van der Waals surface area (Å²) in [6, 6.07) is 1.96. The Morgan fingerprint density at radius 2 is 2.35 bits per heavy atom. The van der Waals surface area contributed by atoms with Crippen LogP contribution in [0.1, 0.15) is 41.9 Å². The number of nitrogens with zero attached hydrogens (tertiary/aromatic N) is 3. The lowest BCUT2D eigenvalue weighted by Gasteiger charge is -2.29. The lowest BCUT2D eigenvalue weighted by atomic mass is 9.85. The van der Waals surface area contributed by atoms with Crippen LogP contribution in [0.3, 0.4) is 0 Å². The van der Waals surface area contributed by atoms with E-state index in [0.717, 1.165) is 31.8 Å². The first-order valence-electron chi connectivity index (χ1n) is 6.56. The molecule has 4 nitrogen and oxygen atoms in total. The molecule has 2 aliphatic rings. The minimum Gasteiger partial charge on any atom is -0.340 e. The van der Waals surface area contributed by atoms with Crippen molar-refractivity contribution in [3.05, 3.63) is 17.5 Å². The molecule has 1 saturated carbocycles. The molecule has 17 heavy (non-hydrogen) atoms. The number of amides is 1. The Morgan fingerprint density at radius 1 is 1.53 bits per heavy atom. The normalized spacial score (nSPS) is 18.9. The van der Waals surface area contributed by atoms with Crippen molar-refractivity contribution in [2.75, 3.05) is 13.6 Å². The van der Waals surface area contributed by atoms with E-state index in [1.54, 1.807) is 0 Å². The summed E-state index contributed by atoms with van der Waals surface area (Å²) in [7, 11) is 1.89. The minimum atomic E-state index is 0.0822. The molecule has 1 aromatic heterocycles. The average molecular weight is 233 g/mol. The molecule has 4 heteroatoms. The molecule has 0 aromatic carbocycles. The van der Waals surface area contributed by atoms with Gasteiger partial charge in [-0.3, -0.25) is 9.48 Å². The highest BCUT2D eigenvalue weighted by atomic mass is 16.2. The third kappa shape index (κ3) is 1.96. The van der Waals surface area contributed by atoms with Gasteiger partial charge in [-0.25, -0.2) is 0 Å². The molecule has 0 saturated heterocycles. The maximum atomic E-state index is 12.2. The Labute approximate surface area is 102 Å². The van der Waals surface area contributed by atoms with Gasteiger partial charge in [-0.15, -0.1) is 0 Å². The SMILES string of the molecule is CN(CC1CCC1)C(=O)c1cc2n(n1)CCC2. The first-order valence-corrected chi connectivity index (χ1v) is 6.56. The fourth-order valence-corrected chi connectivity index (χ4v) is 2.71. The molecule has 1 aromatic rings. The van der Waals surface area contributed by atoms with Crippen LogP contribution in [0, 0.1) is 5.92 Å². The third-order valence-corrected chi connectivity index (χ3v) is 3.99. The molecule has 0 N–H and O–H groups in total. The van der Waals surface area contributed by atoms with Crippen molar-refractivity contribution in [2.45, 2.75) is 38.6 Å². The molecule has 0 spiro atoms. The van der Waals surface area contributed by atoms with Gasteiger partial charge in [-0.1, -0.05) is 6.42 Å². The van der Waals surface area contributed by atoms with Gasteiger partial charge in [0.25, 0.3) is 5.91 Å². The van der Waals surface area contributed by atoms with Gasteiger partial charge in [0, 0.05) is 25.8 Å². The number of aromatic nitrogens is 2. The summed E-state index contributed by atoms with van der Waals surface area (Å²) >= 11 is 0. The zero-order valence-electron chi connectivity index (χ0n) is 10.4. The lowest BCUT2D eigenvalue weighted by Crippen LogP contribution is -2.34. The van der Waals surface area contributed by atoms with Gasteiger partial charge in [-0.05, 0) is 37.7 Å². The van der Waals surface area contributed by atoms with E-state index in [1.165, 1.54) is 25.0 Å². The van der Waals surface area contributed by atoms with Gasteiger partial charge in [0.05, 0.1) is 0 Å². The topological polar surface area (TPSA) is 38.1 Å². The zero-order chi connectivity index (χ0) is 11.8. The average Bonchev–Trinajstić information content (AvgIpc) is 2.81. The number of carbonyl (C=O) groups is 1. The molecular weight excluding hydrogens is 214 g/mol. The van der Waals surface area contributed by atoms with Crippen LogP contribution in [0.25, 0.3) is 0 Å². The molecule has 0 atom stereocenters. The fraction of sp³-hybridized carbons (Fsp3) is 0.692. The van der Waals surface area contributed by atoms with Crippen molar-refractivity contribution in [1.82, 2.24) is 14.7 Å². The highest BCUT2D eigenvalue weighted by Crippen LogP contribution is 2.27. The molecule has 2 heterocycles. The summed E-state index contributed by atoms with van der Waals surface area (Å²) in [6.07, 6.45) is 6.10. The molecule has 92 valence electrons. The summed E-state index contributed by atoms with van der Waals surface area (Å²) in [4.78, 5) is 14.0. The first kappa shape index (κ1) is 10.8. The van der Waals surface area contributed by atoms with Crippen molar-refractivity contribution in [1.29, 1.82) is 0 Å². The van der Waals surface area contributed by atoms with Crippen LogP contribution in [-0.4, -0.2) is 34.2 Å². The number of hydrogen-bond acceptors (Lipinski definition) is 2. The Morgan fingerprint density at radius 3 is 3.00 bits per heavy atom. The minimum absolute atomic E-state index is 0.0822. The van der Waals surface area contributed by atoms with Crippen molar-refractivity contribution in [3.63, 3.8) is 0 Å².